The van der Waals surface area contributed by atoms with E-state index in [1.807, 2.05) is 14.1 Å². The maximum atomic E-state index is 11.8. The van der Waals surface area contributed by atoms with Gasteiger partial charge in [-0.1, -0.05) is 0 Å². The van der Waals surface area contributed by atoms with E-state index in [9.17, 15) is 8.42 Å². The molecule has 0 N–H and O–H groups in total. The van der Waals surface area contributed by atoms with Gasteiger partial charge in [0.1, 0.15) is 0 Å². The van der Waals surface area contributed by atoms with Crippen LogP contribution in [0.4, 0.5) is 0 Å². The van der Waals surface area contributed by atoms with Crippen LogP contribution in [-0.2, 0) is 14.8 Å². The maximum Gasteiger partial charge on any atom is 0.213 e. The molecule has 6 heteroatoms. The van der Waals surface area contributed by atoms with Crippen LogP contribution in [0, 0.1) is 5.92 Å². The average Bonchev–Trinajstić information content (AvgIpc) is 2.43. The van der Waals surface area contributed by atoms with Crippen LogP contribution in [0.2, 0.25) is 0 Å². The molecule has 0 aromatic heterocycles. The highest BCUT2D eigenvalue weighted by molar-refractivity contribution is 7.89. The highest BCUT2D eigenvalue weighted by Gasteiger charge is 2.26. The Hall–Kier alpha value is -0.170. The number of sulfonamides is 1. The van der Waals surface area contributed by atoms with E-state index >= 15 is 0 Å². The quantitative estimate of drug-likeness (QED) is 0.696. The Morgan fingerprint density at radius 2 is 2.12 bits per heavy atom. The van der Waals surface area contributed by atoms with E-state index in [1.54, 1.807) is 11.2 Å². The van der Waals surface area contributed by atoms with E-state index in [0.717, 1.165) is 6.54 Å². The first-order valence-corrected chi connectivity index (χ1v) is 7.27. The second kappa shape index (κ2) is 5.95. The molecular formula is C10H22N2O3S. The highest BCUT2D eigenvalue weighted by atomic mass is 32.2. The molecule has 0 spiro atoms. The van der Waals surface area contributed by atoms with Crippen LogP contribution in [-0.4, -0.2) is 70.3 Å². The van der Waals surface area contributed by atoms with Gasteiger partial charge in [-0.05, 0) is 21.0 Å². The van der Waals surface area contributed by atoms with Gasteiger partial charge < -0.3 is 9.64 Å². The van der Waals surface area contributed by atoms with E-state index < -0.39 is 10.0 Å². The minimum Gasteiger partial charge on any atom is -0.380 e. The molecule has 0 aliphatic carbocycles. The molecule has 1 unspecified atom stereocenters. The van der Waals surface area contributed by atoms with Crippen molar-refractivity contribution in [3.05, 3.63) is 0 Å². The van der Waals surface area contributed by atoms with Gasteiger partial charge in [-0.15, -0.1) is 0 Å². The van der Waals surface area contributed by atoms with Crippen LogP contribution in [0.15, 0.2) is 0 Å². The fraction of sp³-hybridized carbons (Fsp3) is 1.00. The van der Waals surface area contributed by atoms with Gasteiger partial charge in [0.15, 0.2) is 0 Å². The zero-order valence-electron chi connectivity index (χ0n) is 10.3. The van der Waals surface area contributed by atoms with Gasteiger partial charge >= 0.3 is 0 Å². The number of rotatable bonds is 4. The molecule has 0 radical (unpaired) electrons. The molecule has 1 aliphatic rings. The lowest BCUT2D eigenvalue weighted by molar-refractivity contribution is 0.113. The molecule has 1 saturated heterocycles. The van der Waals surface area contributed by atoms with Crippen LogP contribution < -0.4 is 0 Å². The van der Waals surface area contributed by atoms with Crippen LogP contribution >= 0.6 is 0 Å². The van der Waals surface area contributed by atoms with Crippen molar-refractivity contribution in [2.75, 3.05) is 52.7 Å². The molecule has 16 heavy (non-hydrogen) atoms. The zero-order chi connectivity index (χ0) is 12.2. The van der Waals surface area contributed by atoms with Gasteiger partial charge in [-0.25, -0.2) is 8.42 Å². The fourth-order valence-corrected chi connectivity index (χ4v) is 3.07. The highest BCUT2D eigenvalue weighted by Crippen LogP contribution is 2.12. The Bertz CT molecular complexity index is 303. The minimum absolute atomic E-state index is 0.168. The van der Waals surface area contributed by atoms with Crippen LogP contribution in [0.25, 0.3) is 0 Å². The monoisotopic (exact) mass is 250 g/mol. The summed E-state index contributed by atoms with van der Waals surface area (Å²) in [7, 11) is 0.901. The third-order valence-corrected chi connectivity index (χ3v) is 4.53. The largest absolute Gasteiger partial charge is 0.380 e. The topological polar surface area (TPSA) is 49.9 Å². The van der Waals surface area contributed by atoms with Crippen molar-refractivity contribution in [1.82, 2.24) is 9.21 Å². The summed E-state index contributed by atoms with van der Waals surface area (Å²) in [5.74, 6) is 0.431. The molecule has 0 amide bonds. The van der Waals surface area contributed by atoms with E-state index in [2.05, 4.69) is 4.90 Å². The lowest BCUT2D eigenvalue weighted by Crippen LogP contribution is -2.39. The first-order valence-electron chi connectivity index (χ1n) is 5.66. The van der Waals surface area contributed by atoms with Crippen LogP contribution in [0.5, 0.6) is 0 Å². The number of hydrogen-bond acceptors (Lipinski definition) is 4. The molecular weight excluding hydrogens is 228 g/mol. The van der Waals surface area contributed by atoms with Gasteiger partial charge in [-0.3, -0.25) is 0 Å². The first-order chi connectivity index (χ1) is 7.45. The molecule has 1 rings (SSSR count). The standard InChI is InChI=1S/C10H22N2O3S/c1-4-16(13,14)12-5-6-15-9-10(8-12)7-11(2)3/h10H,4-9H2,1-3H3. The van der Waals surface area contributed by atoms with Gasteiger partial charge in [-0.2, -0.15) is 4.31 Å². The zero-order valence-corrected chi connectivity index (χ0v) is 11.2. The summed E-state index contributed by atoms with van der Waals surface area (Å²) in [6.07, 6.45) is 0. The van der Waals surface area contributed by atoms with E-state index in [1.165, 1.54) is 0 Å². The fourth-order valence-electron chi connectivity index (χ4n) is 1.91. The molecule has 96 valence electrons. The summed E-state index contributed by atoms with van der Waals surface area (Å²) in [4.78, 5) is 2.07. The lowest BCUT2D eigenvalue weighted by Gasteiger charge is -2.24. The van der Waals surface area contributed by atoms with Crippen LogP contribution in [0.1, 0.15) is 6.92 Å². The summed E-state index contributed by atoms with van der Waals surface area (Å²) in [6.45, 7) is 4.75. The third kappa shape index (κ3) is 4.01. The summed E-state index contributed by atoms with van der Waals surface area (Å²) >= 11 is 0. The van der Waals surface area contributed by atoms with Crippen molar-refractivity contribution >= 4 is 10.0 Å². The second-order valence-electron chi connectivity index (χ2n) is 4.46. The van der Waals surface area contributed by atoms with Crippen LogP contribution in [0.3, 0.4) is 0 Å². The predicted octanol–water partition coefficient (Wildman–Crippen LogP) is -0.154. The molecule has 5 nitrogen and oxygen atoms in total. The van der Waals surface area contributed by atoms with Gasteiger partial charge in [0.05, 0.1) is 19.0 Å². The van der Waals surface area contributed by atoms with Crippen molar-refractivity contribution in [3.8, 4) is 0 Å². The normalized spacial score (nSPS) is 24.6. The number of hydrogen-bond donors (Lipinski definition) is 0. The Morgan fingerprint density at radius 1 is 1.44 bits per heavy atom. The Labute approximate surface area is 98.4 Å². The Balaban J connectivity index is 2.66. The minimum atomic E-state index is -3.08. The Kier molecular flexibility index (Phi) is 5.17. The molecule has 1 aliphatic heterocycles. The smallest absolute Gasteiger partial charge is 0.213 e. The molecule has 0 aromatic rings. The molecule has 0 saturated carbocycles. The molecule has 0 aromatic carbocycles. The summed E-state index contributed by atoms with van der Waals surface area (Å²) in [5, 5.41) is 0. The SMILES string of the molecule is CCS(=O)(=O)N1CCOCC(CN(C)C)C1. The number of ether oxygens (including phenoxy) is 1. The number of nitrogens with zero attached hydrogens (tertiary/aromatic N) is 2. The van der Waals surface area contributed by atoms with E-state index in [0.29, 0.717) is 26.3 Å². The first kappa shape index (κ1) is 13.9. The molecule has 1 fully saturated rings. The summed E-state index contributed by atoms with van der Waals surface area (Å²) < 4.78 is 30.6. The van der Waals surface area contributed by atoms with Gasteiger partial charge in [0.25, 0.3) is 0 Å². The van der Waals surface area contributed by atoms with Crippen molar-refractivity contribution in [1.29, 1.82) is 0 Å². The molecule has 0 bridgehead atoms. The summed E-state index contributed by atoms with van der Waals surface area (Å²) in [6, 6.07) is 0. The lowest BCUT2D eigenvalue weighted by atomic mass is 10.1. The van der Waals surface area contributed by atoms with Crippen molar-refractivity contribution in [2.45, 2.75) is 6.92 Å². The van der Waals surface area contributed by atoms with Crippen molar-refractivity contribution in [3.63, 3.8) is 0 Å². The Morgan fingerprint density at radius 3 is 2.69 bits per heavy atom. The summed E-state index contributed by atoms with van der Waals surface area (Å²) in [5.41, 5.74) is 0. The maximum absolute atomic E-state index is 11.8. The predicted molar refractivity (Wildman–Crippen MR) is 63.9 cm³/mol. The van der Waals surface area contributed by atoms with Crippen molar-refractivity contribution < 1.29 is 13.2 Å². The molecule has 1 heterocycles. The van der Waals surface area contributed by atoms with E-state index in [-0.39, 0.29) is 11.7 Å². The molecule has 1 atom stereocenters. The van der Waals surface area contributed by atoms with Crippen molar-refractivity contribution in [2.24, 2.45) is 5.92 Å². The third-order valence-electron chi connectivity index (χ3n) is 2.68. The average molecular weight is 250 g/mol. The van der Waals surface area contributed by atoms with E-state index in [4.69, 9.17) is 4.74 Å². The van der Waals surface area contributed by atoms with Gasteiger partial charge in [0.2, 0.25) is 10.0 Å². The van der Waals surface area contributed by atoms with Gasteiger partial charge in [0, 0.05) is 25.6 Å². The second-order valence-corrected chi connectivity index (χ2v) is 6.72.